The lowest BCUT2D eigenvalue weighted by molar-refractivity contribution is 0.0915. The number of carbonyl (C=O) groups excluding carboxylic acids is 1. The molecule has 2 unspecified atom stereocenters. The maximum Gasteiger partial charge on any atom is 0.251 e. The Morgan fingerprint density at radius 3 is 2.71 bits per heavy atom. The molecule has 2 rings (SSSR count). The highest BCUT2D eigenvalue weighted by Crippen LogP contribution is 2.15. The summed E-state index contributed by atoms with van der Waals surface area (Å²) in [5.74, 6) is 0.561. The largest absolute Gasteiger partial charge is 0.375 e. The van der Waals surface area contributed by atoms with Crippen molar-refractivity contribution in [1.82, 2.24) is 10.6 Å². The lowest BCUT2D eigenvalue weighted by Gasteiger charge is -2.30. The summed E-state index contributed by atoms with van der Waals surface area (Å²) in [7, 11) is 2.08. The third-order valence-corrected chi connectivity index (χ3v) is 4.27. The Kier molecular flexibility index (Phi) is 5.62. The van der Waals surface area contributed by atoms with Gasteiger partial charge in [-0.1, -0.05) is 13.8 Å². The zero-order chi connectivity index (χ0) is 15.2. The summed E-state index contributed by atoms with van der Waals surface area (Å²) in [6.45, 7) is 7.30. The van der Waals surface area contributed by atoms with Gasteiger partial charge in [-0.3, -0.25) is 4.79 Å². The van der Waals surface area contributed by atoms with Gasteiger partial charge in [0.15, 0.2) is 0 Å². The quantitative estimate of drug-likeness (QED) is 0.874. The Morgan fingerprint density at radius 2 is 2.10 bits per heavy atom. The highest BCUT2D eigenvalue weighted by Gasteiger charge is 2.22. The van der Waals surface area contributed by atoms with Crippen molar-refractivity contribution in [2.75, 3.05) is 31.6 Å². The molecular weight excluding hydrogens is 262 g/mol. The molecule has 0 aromatic heterocycles. The summed E-state index contributed by atoms with van der Waals surface area (Å²) in [4.78, 5) is 14.5. The van der Waals surface area contributed by atoms with Crippen molar-refractivity contribution in [3.63, 3.8) is 0 Å². The van der Waals surface area contributed by atoms with E-state index in [1.54, 1.807) is 0 Å². The Balaban J connectivity index is 1.96. The minimum absolute atomic E-state index is 0.0280. The SMILES string of the molecule is CCCN(C)c1ccc(C(=O)NC2CNCCC2C)cc1. The first-order chi connectivity index (χ1) is 10.1. The van der Waals surface area contributed by atoms with Crippen LogP contribution < -0.4 is 15.5 Å². The predicted octanol–water partition coefficient (Wildman–Crippen LogP) is 2.26. The van der Waals surface area contributed by atoms with Gasteiger partial charge in [0.1, 0.15) is 0 Å². The minimum Gasteiger partial charge on any atom is -0.375 e. The van der Waals surface area contributed by atoms with E-state index < -0.39 is 0 Å². The fourth-order valence-corrected chi connectivity index (χ4v) is 2.77. The van der Waals surface area contributed by atoms with Crippen molar-refractivity contribution in [2.45, 2.75) is 32.7 Å². The molecule has 0 bridgehead atoms. The molecule has 2 atom stereocenters. The van der Waals surface area contributed by atoms with Crippen molar-refractivity contribution in [3.05, 3.63) is 29.8 Å². The standard InChI is InChI=1S/C17H27N3O/c1-4-11-20(3)15-7-5-14(6-8-15)17(21)19-16-12-18-10-9-13(16)2/h5-8,13,16,18H,4,9-12H2,1-3H3,(H,19,21). The van der Waals surface area contributed by atoms with Gasteiger partial charge in [-0.15, -0.1) is 0 Å². The average Bonchev–Trinajstić information content (AvgIpc) is 2.50. The fraction of sp³-hybridized carbons (Fsp3) is 0.588. The van der Waals surface area contributed by atoms with Crippen molar-refractivity contribution in [3.8, 4) is 0 Å². The molecule has 1 aliphatic rings. The zero-order valence-electron chi connectivity index (χ0n) is 13.4. The van der Waals surface area contributed by atoms with Gasteiger partial charge in [0.2, 0.25) is 0 Å². The van der Waals surface area contributed by atoms with E-state index in [-0.39, 0.29) is 11.9 Å². The van der Waals surface area contributed by atoms with Crippen LogP contribution in [0.3, 0.4) is 0 Å². The van der Waals surface area contributed by atoms with Crippen LogP contribution in [-0.2, 0) is 0 Å². The lowest BCUT2D eigenvalue weighted by Crippen LogP contribution is -2.50. The van der Waals surface area contributed by atoms with Crippen LogP contribution in [0.15, 0.2) is 24.3 Å². The summed E-state index contributed by atoms with van der Waals surface area (Å²) in [6.07, 6.45) is 2.23. The normalized spacial score (nSPS) is 21.9. The van der Waals surface area contributed by atoms with E-state index in [2.05, 4.69) is 36.4 Å². The fourth-order valence-electron chi connectivity index (χ4n) is 2.77. The topological polar surface area (TPSA) is 44.4 Å². The van der Waals surface area contributed by atoms with Crippen LogP contribution in [0.5, 0.6) is 0 Å². The van der Waals surface area contributed by atoms with Crippen molar-refractivity contribution in [2.24, 2.45) is 5.92 Å². The average molecular weight is 289 g/mol. The third-order valence-electron chi connectivity index (χ3n) is 4.27. The molecule has 1 saturated heterocycles. The number of hydrogen-bond donors (Lipinski definition) is 2. The number of rotatable bonds is 5. The van der Waals surface area contributed by atoms with Crippen LogP contribution in [-0.4, -0.2) is 38.6 Å². The third kappa shape index (κ3) is 4.21. The van der Waals surface area contributed by atoms with Gasteiger partial charge in [0.25, 0.3) is 5.91 Å². The van der Waals surface area contributed by atoms with Gasteiger partial charge in [-0.25, -0.2) is 0 Å². The summed E-state index contributed by atoms with van der Waals surface area (Å²) in [6, 6.07) is 8.10. The maximum absolute atomic E-state index is 12.3. The van der Waals surface area contributed by atoms with Crippen LogP contribution in [0.1, 0.15) is 37.0 Å². The van der Waals surface area contributed by atoms with Gasteiger partial charge in [-0.05, 0) is 49.6 Å². The Labute approximate surface area is 127 Å². The molecule has 0 radical (unpaired) electrons. The number of nitrogens with zero attached hydrogens (tertiary/aromatic N) is 1. The maximum atomic E-state index is 12.3. The smallest absolute Gasteiger partial charge is 0.251 e. The molecule has 1 heterocycles. The second-order valence-corrected chi connectivity index (χ2v) is 6.02. The van der Waals surface area contributed by atoms with Gasteiger partial charge < -0.3 is 15.5 Å². The molecule has 1 amide bonds. The van der Waals surface area contributed by atoms with Crippen molar-refractivity contribution < 1.29 is 4.79 Å². The second kappa shape index (κ2) is 7.46. The van der Waals surface area contributed by atoms with E-state index in [0.29, 0.717) is 5.92 Å². The van der Waals surface area contributed by atoms with Gasteiger partial charge in [0, 0.05) is 37.4 Å². The molecule has 0 saturated carbocycles. The number of benzene rings is 1. The van der Waals surface area contributed by atoms with E-state index in [4.69, 9.17) is 0 Å². The first kappa shape index (κ1) is 15.8. The van der Waals surface area contributed by atoms with Crippen LogP contribution in [0, 0.1) is 5.92 Å². The van der Waals surface area contributed by atoms with Crippen LogP contribution in [0.25, 0.3) is 0 Å². The summed E-state index contributed by atoms with van der Waals surface area (Å²) in [5.41, 5.74) is 1.89. The molecule has 1 aromatic carbocycles. The molecule has 4 heteroatoms. The van der Waals surface area contributed by atoms with E-state index in [1.807, 2.05) is 24.3 Å². The Bertz CT molecular complexity index is 458. The molecule has 21 heavy (non-hydrogen) atoms. The van der Waals surface area contributed by atoms with Crippen molar-refractivity contribution in [1.29, 1.82) is 0 Å². The molecule has 116 valence electrons. The summed E-state index contributed by atoms with van der Waals surface area (Å²) >= 11 is 0. The second-order valence-electron chi connectivity index (χ2n) is 6.02. The first-order valence-electron chi connectivity index (χ1n) is 7.94. The van der Waals surface area contributed by atoms with E-state index in [1.165, 1.54) is 0 Å². The molecule has 4 nitrogen and oxygen atoms in total. The van der Waals surface area contributed by atoms with Gasteiger partial charge in [-0.2, -0.15) is 0 Å². The molecule has 0 aliphatic carbocycles. The number of nitrogens with one attached hydrogen (secondary N) is 2. The molecular formula is C17H27N3O. The number of carbonyl (C=O) groups is 1. The number of hydrogen-bond acceptors (Lipinski definition) is 3. The highest BCUT2D eigenvalue weighted by molar-refractivity contribution is 5.94. The summed E-state index contributed by atoms with van der Waals surface area (Å²) < 4.78 is 0. The van der Waals surface area contributed by atoms with Crippen LogP contribution in [0.4, 0.5) is 5.69 Å². The molecule has 1 fully saturated rings. The lowest BCUT2D eigenvalue weighted by atomic mass is 9.94. The highest BCUT2D eigenvalue weighted by atomic mass is 16.1. The Morgan fingerprint density at radius 1 is 1.38 bits per heavy atom. The number of anilines is 1. The van der Waals surface area contributed by atoms with E-state index in [0.717, 1.165) is 43.7 Å². The zero-order valence-corrected chi connectivity index (χ0v) is 13.4. The van der Waals surface area contributed by atoms with E-state index >= 15 is 0 Å². The first-order valence-corrected chi connectivity index (χ1v) is 7.94. The van der Waals surface area contributed by atoms with Gasteiger partial charge >= 0.3 is 0 Å². The molecule has 2 N–H and O–H groups in total. The van der Waals surface area contributed by atoms with Crippen LogP contribution >= 0.6 is 0 Å². The Hall–Kier alpha value is -1.55. The van der Waals surface area contributed by atoms with Crippen molar-refractivity contribution >= 4 is 11.6 Å². The summed E-state index contributed by atoms with van der Waals surface area (Å²) in [5, 5.41) is 6.48. The molecule has 0 spiro atoms. The predicted molar refractivity (Wildman–Crippen MR) is 87.9 cm³/mol. The van der Waals surface area contributed by atoms with E-state index in [9.17, 15) is 4.79 Å². The molecule has 1 aliphatic heterocycles. The number of piperidine rings is 1. The van der Waals surface area contributed by atoms with Crippen LogP contribution in [0.2, 0.25) is 0 Å². The molecule has 1 aromatic rings. The monoisotopic (exact) mass is 289 g/mol. The minimum atomic E-state index is 0.0280. The van der Waals surface area contributed by atoms with Gasteiger partial charge in [0.05, 0.1) is 0 Å². The number of amides is 1.